The van der Waals surface area contributed by atoms with E-state index in [0.717, 1.165) is 48.5 Å². The second kappa shape index (κ2) is 10.6. The van der Waals surface area contributed by atoms with Gasteiger partial charge in [0.15, 0.2) is 0 Å². The van der Waals surface area contributed by atoms with E-state index in [-0.39, 0.29) is 17.8 Å². The van der Waals surface area contributed by atoms with E-state index in [9.17, 15) is 8.78 Å². The summed E-state index contributed by atoms with van der Waals surface area (Å²) in [6.45, 7) is 5.44. The highest BCUT2D eigenvalue weighted by molar-refractivity contribution is 6.30. The molecule has 2 aromatic rings. The number of nitrogens with zero attached hydrogens (tertiary/aromatic N) is 4. The van der Waals surface area contributed by atoms with Gasteiger partial charge >= 0.3 is 0 Å². The molecule has 5 nitrogen and oxygen atoms in total. The molecular weight excluding hydrogens is 446 g/mol. The lowest BCUT2D eigenvalue weighted by molar-refractivity contribution is 0.138. The maximum atomic E-state index is 13.1. The molecule has 1 aliphatic carbocycles. The van der Waals surface area contributed by atoms with Crippen LogP contribution in [0.25, 0.3) is 0 Å². The van der Waals surface area contributed by atoms with Gasteiger partial charge < -0.3 is 9.64 Å². The first-order valence-corrected chi connectivity index (χ1v) is 11.7. The SMILES string of the molecule is C=C1CN(CCF)Cc2cc(Cl)ccc2N1C(=NC)C1CCC(Oc2ccc(F)cn2)CC1. The predicted molar refractivity (Wildman–Crippen MR) is 128 cm³/mol. The van der Waals surface area contributed by atoms with Crippen molar-refractivity contribution in [2.75, 3.05) is 31.7 Å². The molecule has 0 atom stereocenters. The van der Waals surface area contributed by atoms with Crippen molar-refractivity contribution in [3.05, 3.63) is 65.2 Å². The lowest BCUT2D eigenvalue weighted by Crippen LogP contribution is -2.40. The van der Waals surface area contributed by atoms with Gasteiger partial charge in [-0.2, -0.15) is 0 Å². The van der Waals surface area contributed by atoms with E-state index >= 15 is 0 Å². The van der Waals surface area contributed by atoms with E-state index in [1.807, 2.05) is 30.1 Å². The van der Waals surface area contributed by atoms with Crippen molar-refractivity contribution in [1.29, 1.82) is 0 Å². The molecule has 1 aromatic carbocycles. The van der Waals surface area contributed by atoms with E-state index in [4.69, 9.17) is 21.3 Å². The molecule has 0 spiro atoms. The molecule has 1 aromatic heterocycles. The van der Waals surface area contributed by atoms with Crippen molar-refractivity contribution in [2.45, 2.75) is 38.3 Å². The highest BCUT2D eigenvalue weighted by atomic mass is 35.5. The third-order valence-corrected chi connectivity index (χ3v) is 6.52. The Labute approximate surface area is 198 Å². The zero-order valence-corrected chi connectivity index (χ0v) is 19.6. The van der Waals surface area contributed by atoms with E-state index in [1.54, 1.807) is 6.07 Å². The molecule has 0 amide bonds. The van der Waals surface area contributed by atoms with Gasteiger partial charge in [0.25, 0.3) is 0 Å². The molecule has 0 unspecified atom stereocenters. The number of ether oxygens (including phenoxy) is 1. The van der Waals surface area contributed by atoms with Gasteiger partial charge in [-0.15, -0.1) is 0 Å². The van der Waals surface area contributed by atoms with E-state index in [2.05, 4.69) is 16.5 Å². The number of hydrogen-bond acceptors (Lipinski definition) is 4. The molecule has 1 aliphatic heterocycles. The van der Waals surface area contributed by atoms with Gasteiger partial charge in [0, 0.05) is 49.4 Å². The average Bonchev–Trinajstić information content (AvgIpc) is 2.93. The van der Waals surface area contributed by atoms with Crippen LogP contribution in [0, 0.1) is 11.7 Å². The third kappa shape index (κ3) is 5.53. The fourth-order valence-corrected chi connectivity index (χ4v) is 4.96. The molecule has 176 valence electrons. The maximum Gasteiger partial charge on any atom is 0.213 e. The minimum absolute atomic E-state index is 0.0378. The average molecular weight is 475 g/mol. The van der Waals surface area contributed by atoms with Gasteiger partial charge in [0.1, 0.15) is 24.4 Å². The fraction of sp³-hybridized carbons (Fsp3) is 0.440. The molecule has 0 radical (unpaired) electrons. The van der Waals surface area contributed by atoms with Gasteiger partial charge in [0.05, 0.1) is 11.9 Å². The molecule has 2 heterocycles. The zero-order valence-electron chi connectivity index (χ0n) is 18.8. The molecule has 0 N–H and O–H groups in total. The standard InChI is InChI=1S/C25H29ClF2N4O/c1-17-15-31(12-11-27)16-19-13-20(26)5-9-23(19)32(17)25(29-2)18-3-7-22(8-4-18)33-24-10-6-21(28)14-30-24/h5-6,9-10,13-14,18,22H,1,3-4,7-8,11-12,15-16H2,2H3. The second-order valence-corrected chi connectivity index (χ2v) is 9.00. The van der Waals surface area contributed by atoms with Gasteiger partial charge in [0.2, 0.25) is 5.88 Å². The Balaban J connectivity index is 1.51. The Morgan fingerprint density at radius 3 is 2.67 bits per heavy atom. The first kappa shape index (κ1) is 23.6. The van der Waals surface area contributed by atoms with Crippen LogP contribution in [0.3, 0.4) is 0 Å². The Morgan fingerprint density at radius 2 is 2.00 bits per heavy atom. The van der Waals surface area contributed by atoms with Crippen molar-refractivity contribution in [2.24, 2.45) is 10.9 Å². The summed E-state index contributed by atoms with van der Waals surface area (Å²) in [4.78, 5) is 12.9. The van der Waals surface area contributed by atoms with E-state index in [0.29, 0.717) is 30.5 Å². The van der Waals surface area contributed by atoms with Crippen molar-refractivity contribution in [1.82, 2.24) is 9.88 Å². The summed E-state index contributed by atoms with van der Waals surface area (Å²) < 4.78 is 32.2. The first-order chi connectivity index (χ1) is 16.0. The van der Waals surface area contributed by atoms with Crippen LogP contribution in [0.2, 0.25) is 5.02 Å². The van der Waals surface area contributed by atoms with Crippen molar-refractivity contribution in [3.63, 3.8) is 0 Å². The lowest BCUT2D eigenvalue weighted by atomic mass is 9.85. The largest absolute Gasteiger partial charge is 0.474 e. The summed E-state index contributed by atoms with van der Waals surface area (Å²) >= 11 is 6.29. The number of aliphatic imine (C=N–C) groups is 1. The van der Waals surface area contributed by atoms with Crippen LogP contribution >= 0.6 is 11.6 Å². The number of alkyl halides is 1. The van der Waals surface area contributed by atoms with Crippen LogP contribution in [0.1, 0.15) is 31.2 Å². The minimum atomic E-state index is -0.412. The highest BCUT2D eigenvalue weighted by Crippen LogP contribution is 2.36. The van der Waals surface area contributed by atoms with Crippen molar-refractivity contribution >= 4 is 23.1 Å². The fourth-order valence-electron chi connectivity index (χ4n) is 4.76. The number of pyridine rings is 1. The van der Waals surface area contributed by atoms with Crippen LogP contribution in [0.15, 0.2) is 53.8 Å². The number of rotatable bonds is 5. The van der Waals surface area contributed by atoms with Crippen LogP contribution in [0.5, 0.6) is 5.88 Å². The van der Waals surface area contributed by atoms with Gasteiger partial charge in [-0.25, -0.2) is 13.8 Å². The molecule has 8 heteroatoms. The summed E-state index contributed by atoms with van der Waals surface area (Å²) in [5.41, 5.74) is 2.91. The number of amidine groups is 1. The van der Waals surface area contributed by atoms with Crippen LogP contribution < -0.4 is 9.64 Å². The summed E-state index contributed by atoms with van der Waals surface area (Å²) in [6, 6.07) is 8.74. The van der Waals surface area contributed by atoms with Crippen LogP contribution in [-0.4, -0.2) is 48.6 Å². The van der Waals surface area contributed by atoms with E-state index < -0.39 is 6.67 Å². The van der Waals surface area contributed by atoms with Crippen LogP contribution in [-0.2, 0) is 6.54 Å². The minimum Gasteiger partial charge on any atom is -0.474 e. The zero-order chi connectivity index (χ0) is 23.4. The Morgan fingerprint density at radius 1 is 1.21 bits per heavy atom. The summed E-state index contributed by atoms with van der Waals surface area (Å²) in [7, 11) is 1.81. The van der Waals surface area contributed by atoms with Crippen molar-refractivity contribution < 1.29 is 13.5 Å². The Hall–Kier alpha value is -2.51. The molecule has 33 heavy (non-hydrogen) atoms. The topological polar surface area (TPSA) is 41.0 Å². The molecule has 4 rings (SSSR count). The predicted octanol–water partition coefficient (Wildman–Crippen LogP) is 5.65. The van der Waals surface area contributed by atoms with Gasteiger partial charge in [-0.1, -0.05) is 18.2 Å². The number of aromatic nitrogens is 1. The number of benzene rings is 1. The highest BCUT2D eigenvalue weighted by Gasteiger charge is 2.33. The molecule has 1 saturated carbocycles. The monoisotopic (exact) mass is 474 g/mol. The summed E-state index contributed by atoms with van der Waals surface area (Å²) in [5.74, 6) is 1.27. The second-order valence-electron chi connectivity index (χ2n) is 8.56. The quantitative estimate of drug-likeness (QED) is 0.415. The maximum absolute atomic E-state index is 13.1. The molecule has 0 bridgehead atoms. The smallest absolute Gasteiger partial charge is 0.213 e. The molecule has 1 fully saturated rings. The first-order valence-electron chi connectivity index (χ1n) is 11.3. The van der Waals surface area contributed by atoms with Crippen LogP contribution in [0.4, 0.5) is 14.5 Å². The summed E-state index contributed by atoms with van der Waals surface area (Å²) in [5, 5.41) is 0.656. The van der Waals surface area contributed by atoms with Crippen molar-refractivity contribution in [3.8, 4) is 5.88 Å². The van der Waals surface area contributed by atoms with E-state index in [1.165, 1.54) is 12.3 Å². The number of hydrogen-bond donors (Lipinski definition) is 0. The molecule has 2 aliphatic rings. The normalized spacial score (nSPS) is 22.1. The third-order valence-electron chi connectivity index (χ3n) is 6.28. The number of fused-ring (bicyclic) bond motifs is 1. The number of halogens is 3. The molecular formula is C25H29ClF2N4O. The Bertz CT molecular complexity index is 1010. The summed E-state index contributed by atoms with van der Waals surface area (Å²) in [6.07, 6.45) is 4.72. The van der Waals surface area contributed by atoms with Gasteiger partial charge in [-0.3, -0.25) is 9.89 Å². The Kier molecular flexibility index (Phi) is 7.60. The van der Waals surface area contributed by atoms with Gasteiger partial charge in [-0.05, 0) is 55.5 Å². The number of anilines is 1. The lowest BCUT2D eigenvalue weighted by Gasteiger charge is -2.36. The molecule has 0 saturated heterocycles.